The van der Waals surface area contributed by atoms with Crippen LogP contribution in [-0.4, -0.2) is 28.9 Å². The van der Waals surface area contributed by atoms with E-state index in [2.05, 4.69) is 14.1 Å². The molecule has 0 aliphatic carbocycles. The van der Waals surface area contributed by atoms with Gasteiger partial charge in [-0.25, -0.2) is 9.78 Å². The maximum Gasteiger partial charge on any atom is 0.371 e. The monoisotopic (exact) mass is 289 g/mol. The van der Waals surface area contributed by atoms with Crippen LogP contribution in [0.2, 0.25) is 0 Å². The molecular formula is C8H7N3O5S2. The molecule has 0 aliphatic heterocycles. The number of carboxylic acid groups (broad SMARTS) is 1. The average Bonchev–Trinajstić information content (AvgIpc) is 2.86. The smallest absolute Gasteiger partial charge is 0.371 e. The first-order valence-corrected chi connectivity index (χ1v) is 6.80. The third kappa shape index (κ3) is 2.49. The van der Waals surface area contributed by atoms with Crippen molar-refractivity contribution < 1.29 is 22.7 Å². The van der Waals surface area contributed by atoms with Crippen molar-refractivity contribution >= 4 is 32.7 Å². The molecule has 10 heteroatoms. The normalized spacial score (nSPS) is 11.4. The Labute approximate surface area is 105 Å². The van der Waals surface area contributed by atoms with Crippen molar-refractivity contribution in [2.45, 2.75) is 12.0 Å². The third-order valence-electron chi connectivity index (χ3n) is 1.81. The van der Waals surface area contributed by atoms with Gasteiger partial charge in [-0.05, 0) is 19.1 Å². The lowest BCUT2D eigenvalue weighted by Crippen LogP contribution is -2.12. The second-order valence-corrected chi connectivity index (χ2v) is 5.54. The van der Waals surface area contributed by atoms with E-state index in [1.807, 2.05) is 0 Å². The van der Waals surface area contributed by atoms with Crippen LogP contribution < -0.4 is 4.72 Å². The molecule has 0 fully saturated rings. The number of sulfonamides is 1. The molecule has 0 amide bonds. The molecule has 0 saturated heterocycles. The molecule has 2 aromatic rings. The molecule has 2 rings (SSSR count). The summed E-state index contributed by atoms with van der Waals surface area (Å²) >= 11 is 0.875. The minimum absolute atomic E-state index is 0.0841. The van der Waals surface area contributed by atoms with Gasteiger partial charge in [-0.3, -0.25) is 4.72 Å². The molecule has 0 aliphatic rings. The summed E-state index contributed by atoms with van der Waals surface area (Å²) in [7, 11) is -3.98. The third-order valence-corrected chi connectivity index (χ3v) is 3.87. The minimum atomic E-state index is -3.98. The van der Waals surface area contributed by atoms with Crippen LogP contribution in [0, 0.1) is 6.92 Å². The Hall–Kier alpha value is -1.94. The van der Waals surface area contributed by atoms with Crippen LogP contribution in [0.5, 0.6) is 0 Å². The van der Waals surface area contributed by atoms with E-state index in [0.717, 1.165) is 23.7 Å². The van der Waals surface area contributed by atoms with Crippen LogP contribution in [0.4, 0.5) is 5.13 Å². The number of aromatic carboxylic acids is 1. The molecule has 2 N–H and O–H groups in total. The largest absolute Gasteiger partial charge is 0.475 e. The summed E-state index contributed by atoms with van der Waals surface area (Å²) in [5.74, 6) is -1.37. The lowest BCUT2D eigenvalue weighted by Gasteiger charge is -2.00. The van der Waals surface area contributed by atoms with Crippen molar-refractivity contribution in [3.05, 3.63) is 23.7 Å². The molecule has 8 nitrogen and oxygen atoms in total. The number of nitrogens with zero attached hydrogens (tertiary/aromatic N) is 2. The summed E-state index contributed by atoms with van der Waals surface area (Å²) in [6, 6.07) is 2.11. The number of carboxylic acids is 1. The average molecular weight is 289 g/mol. The summed E-state index contributed by atoms with van der Waals surface area (Å²) in [6.07, 6.45) is 0. The van der Waals surface area contributed by atoms with E-state index in [-0.39, 0.29) is 5.13 Å². The summed E-state index contributed by atoms with van der Waals surface area (Å²) < 4.78 is 34.2. The Morgan fingerprint density at radius 2 is 2.22 bits per heavy atom. The van der Waals surface area contributed by atoms with Gasteiger partial charge in [-0.1, -0.05) is 0 Å². The quantitative estimate of drug-likeness (QED) is 0.858. The van der Waals surface area contributed by atoms with Crippen LogP contribution in [0.1, 0.15) is 16.4 Å². The van der Waals surface area contributed by atoms with E-state index >= 15 is 0 Å². The first-order valence-electron chi connectivity index (χ1n) is 4.55. The number of nitrogens with one attached hydrogen (secondary N) is 1. The molecular weight excluding hydrogens is 282 g/mol. The lowest BCUT2D eigenvalue weighted by atomic mass is 10.5. The molecule has 2 aromatic heterocycles. The number of furan rings is 1. The highest BCUT2D eigenvalue weighted by molar-refractivity contribution is 7.92. The minimum Gasteiger partial charge on any atom is -0.475 e. The first kappa shape index (κ1) is 12.5. The van der Waals surface area contributed by atoms with E-state index in [1.54, 1.807) is 6.92 Å². The van der Waals surface area contributed by atoms with E-state index in [0.29, 0.717) is 5.82 Å². The molecule has 0 unspecified atom stereocenters. The van der Waals surface area contributed by atoms with Crippen molar-refractivity contribution in [1.82, 2.24) is 9.36 Å². The second kappa shape index (κ2) is 4.38. The molecule has 0 saturated carbocycles. The van der Waals surface area contributed by atoms with E-state index in [4.69, 9.17) is 9.52 Å². The van der Waals surface area contributed by atoms with Crippen LogP contribution >= 0.6 is 11.5 Å². The van der Waals surface area contributed by atoms with Gasteiger partial charge in [-0.15, -0.1) is 0 Å². The van der Waals surface area contributed by atoms with Crippen LogP contribution in [0.15, 0.2) is 21.6 Å². The highest BCUT2D eigenvalue weighted by Crippen LogP contribution is 2.19. The Morgan fingerprint density at radius 1 is 1.50 bits per heavy atom. The predicted molar refractivity (Wildman–Crippen MR) is 61.1 cm³/mol. The van der Waals surface area contributed by atoms with E-state index < -0.39 is 26.8 Å². The maximum atomic E-state index is 11.8. The van der Waals surface area contributed by atoms with Crippen molar-refractivity contribution in [1.29, 1.82) is 0 Å². The lowest BCUT2D eigenvalue weighted by molar-refractivity contribution is 0.0656. The number of hydrogen-bond donors (Lipinski definition) is 2. The maximum absolute atomic E-state index is 11.8. The van der Waals surface area contributed by atoms with E-state index in [9.17, 15) is 13.2 Å². The number of aryl methyl sites for hydroxylation is 1. The zero-order chi connectivity index (χ0) is 13.3. The highest BCUT2D eigenvalue weighted by atomic mass is 32.2. The molecule has 0 atom stereocenters. The number of rotatable bonds is 4. The number of aromatic nitrogens is 2. The number of anilines is 1. The van der Waals surface area contributed by atoms with Gasteiger partial charge in [0.05, 0.1) is 0 Å². The van der Waals surface area contributed by atoms with Gasteiger partial charge in [0.15, 0.2) is 0 Å². The standard InChI is InChI=1S/C8H7N3O5S2/c1-4-9-8(17-10-4)11-18(14,15)6-3-2-5(16-6)7(12)13/h2-3H,1H3,(H,12,13)(H,9,10,11). The molecule has 0 radical (unpaired) electrons. The van der Waals surface area contributed by atoms with Crippen molar-refractivity contribution in [3.63, 3.8) is 0 Å². The van der Waals surface area contributed by atoms with Crippen LogP contribution in [0.25, 0.3) is 0 Å². The SMILES string of the molecule is Cc1nsc(NS(=O)(=O)c2ccc(C(=O)O)o2)n1. The Morgan fingerprint density at radius 3 is 2.72 bits per heavy atom. The van der Waals surface area contributed by atoms with Gasteiger partial charge in [-0.2, -0.15) is 12.8 Å². The fraction of sp³-hybridized carbons (Fsp3) is 0.125. The van der Waals surface area contributed by atoms with Crippen LogP contribution in [0.3, 0.4) is 0 Å². The summed E-state index contributed by atoms with van der Waals surface area (Å²) in [5, 5.41) is 8.22. The number of carbonyl (C=O) groups is 1. The summed E-state index contributed by atoms with van der Waals surface area (Å²) in [6.45, 7) is 1.61. The fourth-order valence-corrected chi connectivity index (χ4v) is 2.82. The molecule has 18 heavy (non-hydrogen) atoms. The second-order valence-electron chi connectivity index (χ2n) is 3.18. The van der Waals surface area contributed by atoms with Crippen molar-refractivity contribution in [3.8, 4) is 0 Å². The molecule has 2 heterocycles. The van der Waals surface area contributed by atoms with Crippen LogP contribution in [-0.2, 0) is 10.0 Å². The van der Waals surface area contributed by atoms with Gasteiger partial charge in [0.25, 0.3) is 10.0 Å². The Balaban J connectivity index is 2.27. The van der Waals surface area contributed by atoms with Gasteiger partial charge < -0.3 is 9.52 Å². The number of hydrogen-bond acceptors (Lipinski definition) is 7. The molecule has 0 spiro atoms. The fourth-order valence-electron chi connectivity index (χ4n) is 1.08. The van der Waals surface area contributed by atoms with E-state index in [1.165, 1.54) is 0 Å². The summed E-state index contributed by atoms with van der Waals surface area (Å²) in [4.78, 5) is 14.4. The first-order chi connectivity index (χ1) is 8.38. The Bertz CT molecular complexity index is 687. The van der Waals surface area contributed by atoms with Gasteiger partial charge in [0, 0.05) is 11.5 Å². The van der Waals surface area contributed by atoms with Gasteiger partial charge >= 0.3 is 5.97 Å². The predicted octanol–water partition coefficient (Wildman–Crippen LogP) is 0.939. The molecule has 0 bridgehead atoms. The Kier molecular flexibility index (Phi) is 3.05. The topological polar surface area (TPSA) is 122 Å². The summed E-state index contributed by atoms with van der Waals surface area (Å²) in [5.41, 5.74) is 0. The van der Waals surface area contributed by atoms with Crippen molar-refractivity contribution in [2.75, 3.05) is 4.72 Å². The van der Waals surface area contributed by atoms with Gasteiger partial charge in [0.2, 0.25) is 16.0 Å². The van der Waals surface area contributed by atoms with Crippen molar-refractivity contribution in [2.24, 2.45) is 0 Å². The highest BCUT2D eigenvalue weighted by Gasteiger charge is 2.22. The zero-order valence-electron chi connectivity index (χ0n) is 8.95. The zero-order valence-corrected chi connectivity index (χ0v) is 10.6. The molecule has 0 aromatic carbocycles. The molecule has 96 valence electrons. The van der Waals surface area contributed by atoms with Gasteiger partial charge in [0.1, 0.15) is 5.82 Å².